The molecule has 9 heteroatoms. The van der Waals surface area contributed by atoms with Gasteiger partial charge in [0.25, 0.3) is 0 Å². The molecule has 3 aromatic rings. The predicted octanol–water partition coefficient (Wildman–Crippen LogP) is 1.25. The molecule has 0 aromatic carbocycles. The van der Waals surface area contributed by atoms with E-state index in [1.807, 2.05) is 46.7 Å². The van der Waals surface area contributed by atoms with Crippen LogP contribution in [0, 0.1) is 0 Å². The highest BCUT2D eigenvalue weighted by atomic mass is 16.2. The molecule has 9 nitrogen and oxygen atoms in total. The van der Waals surface area contributed by atoms with Crippen molar-refractivity contribution in [2.24, 2.45) is 0 Å². The Balaban J connectivity index is 1.34. The van der Waals surface area contributed by atoms with Crippen LogP contribution in [0.2, 0.25) is 0 Å². The van der Waals surface area contributed by atoms with E-state index < -0.39 is 0 Å². The van der Waals surface area contributed by atoms with Gasteiger partial charge in [0.05, 0.1) is 17.9 Å². The van der Waals surface area contributed by atoms with Crippen LogP contribution in [0.4, 0.5) is 16.4 Å². The highest BCUT2D eigenvalue weighted by Crippen LogP contribution is 2.28. The van der Waals surface area contributed by atoms with Gasteiger partial charge in [-0.3, -0.25) is 14.0 Å². The lowest BCUT2D eigenvalue weighted by atomic mass is 10.3. The van der Waals surface area contributed by atoms with E-state index in [1.54, 1.807) is 16.0 Å². The average molecular weight is 352 g/mol. The molecular formula is C17H20N8O. The van der Waals surface area contributed by atoms with Gasteiger partial charge >= 0.3 is 6.03 Å². The third kappa shape index (κ3) is 2.31. The maximum atomic E-state index is 12.2. The Kier molecular flexibility index (Phi) is 3.34. The van der Waals surface area contributed by atoms with E-state index in [9.17, 15) is 4.79 Å². The van der Waals surface area contributed by atoms with Gasteiger partial charge in [0.1, 0.15) is 0 Å². The Morgan fingerprint density at radius 3 is 2.92 bits per heavy atom. The van der Waals surface area contributed by atoms with E-state index in [-0.39, 0.29) is 12.1 Å². The fourth-order valence-electron chi connectivity index (χ4n) is 3.74. The SMILES string of the molecule is CN1CCN(c2cnn(C3CCN(c4nnc5ccccn45)C3)c2)C1=O. The minimum atomic E-state index is 0.0347. The molecule has 1 atom stereocenters. The van der Waals surface area contributed by atoms with E-state index >= 15 is 0 Å². The molecule has 0 spiro atoms. The average Bonchev–Trinajstić information content (AvgIpc) is 3.41. The first-order valence-corrected chi connectivity index (χ1v) is 8.82. The van der Waals surface area contributed by atoms with Crippen LogP contribution >= 0.6 is 0 Å². The number of urea groups is 1. The van der Waals surface area contributed by atoms with Gasteiger partial charge in [0, 0.05) is 45.6 Å². The first-order chi connectivity index (χ1) is 12.7. The number of amides is 2. The summed E-state index contributed by atoms with van der Waals surface area (Å²) in [6.45, 7) is 3.19. The molecule has 5 rings (SSSR count). The Morgan fingerprint density at radius 2 is 2.08 bits per heavy atom. The van der Waals surface area contributed by atoms with E-state index in [2.05, 4.69) is 20.2 Å². The first kappa shape index (κ1) is 15.2. The molecule has 0 bridgehead atoms. The van der Waals surface area contributed by atoms with Crippen LogP contribution in [-0.2, 0) is 0 Å². The summed E-state index contributed by atoms with van der Waals surface area (Å²) in [6, 6.07) is 6.19. The zero-order valence-electron chi connectivity index (χ0n) is 14.6. The summed E-state index contributed by atoms with van der Waals surface area (Å²) >= 11 is 0. The molecule has 0 radical (unpaired) electrons. The van der Waals surface area contributed by atoms with Crippen molar-refractivity contribution >= 4 is 23.3 Å². The van der Waals surface area contributed by atoms with Crippen LogP contribution < -0.4 is 9.80 Å². The van der Waals surface area contributed by atoms with E-state index in [1.165, 1.54) is 0 Å². The van der Waals surface area contributed by atoms with E-state index in [0.717, 1.165) is 43.3 Å². The molecule has 0 aliphatic carbocycles. The van der Waals surface area contributed by atoms with Crippen molar-refractivity contribution in [1.82, 2.24) is 29.3 Å². The van der Waals surface area contributed by atoms with Crippen LogP contribution in [-0.4, -0.2) is 68.5 Å². The van der Waals surface area contributed by atoms with Crippen molar-refractivity contribution in [3.63, 3.8) is 0 Å². The van der Waals surface area contributed by atoms with Gasteiger partial charge in [0.15, 0.2) is 5.65 Å². The van der Waals surface area contributed by atoms with E-state index in [0.29, 0.717) is 6.54 Å². The molecule has 0 N–H and O–H groups in total. The van der Waals surface area contributed by atoms with Crippen LogP contribution in [0.1, 0.15) is 12.5 Å². The summed E-state index contributed by atoms with van der Waals surface area (Å²) in [7, 11) is 1.82. The zero-order chi connectivity index (χ0) is 17.7. The smallest absolute Gasteiger partial charge is 0.324 e. The Hall–Kier alpha value is -3.10. The number of carbonyl (C=O) groups excluding carboxylic acids is 1. The van der Waals surface area contributed by atoms with Gasteiger partial charge in [-0.2, -0.15) is 5.10 Å². The number of carbonyl (C=O) groups is 1. The van der Waals surface area contributed by atoms with Crippen molar-refractivity contribution < 1.29 is 4.79 Å². The molecular weight excluding hydrogens is 332 g/mol. The highest BCUT2D eigenvalue weighted by Gasteiger charge is 2.30. The first-order valence-electron chi connectivity index (χ1n) is 8.82. The number of pyridine rings is 1. The lowest BCUT2D eigenvalue weighted by Crippen LogP contribution is -2.28. The van der Waals surface area contributed by atoms with Gasteiger partial charge in [-0.1, -0.05) is 6.07 Å². The van der Waals surface area contributed by atoms with Gasteiger partial charge < -0.3 is 9.80 Å². The predicted molar refractivity (Wildman–Crippen MR) is 96.5 cm³/mol. The van der Waals surface area contributed by atoms with Crippen molar-refractivity contribution in [3.05, 3.63) is 36.8 Å². The standard InChI is InChI=1S/C17H20N8O/c1-21-8-9-23(17(21)26)14-10-18-25(12-14)13-5-7-22(11-13)16-20-19-15-4-2-3-6-24(15)16/h2-4,6,10,12-13H,5,7-9,11H2,1H3. The summed E-state index contributed by atoms with van der Waals surface area (Å²) in [5.41, 5.74) is 1.72. The summed E-state index contributed by atoms with van der Waals surface area (Å²) in [5.74, 6) is 0.867. The molecule has 3 aromatic heterocycles. The second-order valence-corrected chi connectivity index (χ2v) is 6.85. The molecule has 2 fully saturated rings. The maximum Gasteiger partial charge on any atom is 0.324 e. The van der Waals surface area contributed by atoms with Gasteiger partial charge in [-0.05, 0) is 18.6 Å². The second kappa shape index (κ2) is 5.72. The number of likely N-dealkylation sites (N-methyl/N-ethyl adjacent to an activating group) is 1. The molecule has 5 heterocycles. The third-order valence-electron chi connectivity index (χ3n) is 5.23. The molecule has 134 valence electrons. The van der Waals surface area contributed by atoms with Crippen LogP contribution in [0.15, 0.2) is 36.8 Å². The second-order valence-electron chi connectivity index (χ2n) is 6.85. The Morgan fingerprint density at radius 1 is 1.15 bits per heavy atom. The number of hydrogen-bond donors (Lipinski definition) is 0. The van der Waals surface area contributed by atoms with Crippen LogP contribution in [0.25, 0.3) is 5.65 Å². The quantitative estimate of drug-likeness (QED) is 0.709. The van der Waals surface area contributed by atoms with E-state index in [4.69, 9.17) is 0 Å². The zero-order valence-corrected chi connectivity index (χ0v) is 14.6. The van der Waals surface area contributed by atoms with Crippen molar-refractivity contribution in [2.75, 3.05) is 43.0 Å². The minimum Gasteiger partial charge on any atom is -0.338 e. The summed E-state index contributed by atoms with van der Waals surface area (Å²) < 4.78 is 3.99. The number of nitrogens with zero attached hydrogens (tertiary/aromatic N) is 8. The molecule has 2 saturated heterocycles. The number of fused-ring (bicyclic) bond motifs is 1. The molecule has 2 aliphatic rings. The molecule has 2 aliphatic heterocycles. The largest absolute Gasteiger partial charge is 0.338 e. The monoisotopic (exact) mass is 352 g/mol. The summed E-state index contributed by atoms with van der Waals surface area (Å²) in [5, 5.41) is 13.1. The topological polar surface area (TPSA) is 74.8 Å². The van der Waals surface area contributed by atoms with Gasteiger partial charge in [-0.25, -0.2) is 4.79 Å². The number of hydrogen-bond acceptors (Lipinski definition) is 5. The van der Waals surface area contributed by atoms with Crippen LogP contribution in [0.3, 0.4) is 0 Å². The molecule has 1 unspecified atom stereocenters. The normalized spacial score (nSPS) is 20.7. The van der Waals surface area contributed by atoms with Gasteiger partial charge in [-0.15, -0.1) is 10.2 Å². The number of rotatable bonds is 3. The Labute approximate surface area is 150 Å². The fraction of sp³-hybridized carbons (Fsp3) is 0.412. The summed E-state index contributed by atoms with van der Waals surface area (Å²) in [4.78, 5) is 17.9. The fourth-order valence-corrected chi connectivity index (χ4v) is 3.74. The molecule has 2 amide bonds. The number of anilines is 2. The van der Waals surface area contributed by atoms with Crippen LogP contribution in [0.5, 0.6) is 0 Å². The lowest BCUT2D eigenvalue weighted by Gasteiger charge is -2.16. The lowest BCUT2D eigenvalue weighted by molar-refractivity contribution is 0.229. The van der Waals surface area contributed by atoms with Crippen molar-refractivity contribution in [3.8, 4) is 0 Å². The number of aromatic nitrogens is 5. The highest BCUT2D eigenvalue weighted by molar-refractivity contribution is 5.93. The Bertz CT molecular complexity index is 962. The van der Waals surface area contributed by atoms with Crippen molar-refractivity contribution in [1.29, 1.82) is 0 Å². The molecule has 0 saturated carbocycles. The summed E-state index contributed by atoms with van der Waals surface area (Å²) in [6.07, 6.45) is 6.73. The minimum absolute atomic E-state index is 0.0347. The third-order valence-corrected chi connectivity index (χ3v) is 5.23. The maximum absolute atomic E-state index is 12.2. The molecule has 26 heavy (non-hydrogen) atoms. The van der Waals surface area contributed by atoms with Crippen molar-refractivity contribution in [2.45, 2.75) is 12.5 Å². The van der Waals surface area contributed by atoms with Gasteiger partial charge in [0.2, 0.25) is 5.95 Å².